The van der Waals surface area contributed by atoms with Gasteiger partial charge in [0.2, 0.25) is 5.91 Å². The van der Waals surface area contributed by atoms with E-state index in [-0.39, 0.29) is 5.91 Å². The van der Waals surface area contributed by atoms with Gasteiger partial charge in [0.05, 0.1) is 14.2 Å². The summed E-state index contributed by atoms with van der Waals surface area (Å²) < 4.78 is 16.1. The molecule has 0 spiro atoms. The number of benzene rings is 1. The van der Waals surface area contributed by atoms with Gasteiger partial charge in [0.1, 0.15) is 11.6 Å². The van der Waals surface area contributed by atoms with Gasteiger partial charge in [0, 0.05) is 19.6 Å². The maximum atomic E-state index is 13.2. The van der Waals surface area contributed by atoms with E-state index in [0.717, 1.165) is 12.0 Å². The highest BCUT2D eigenvalue weighted by atomic mass is 16.6. The first-order valence-corrected chi connectivity index (χ1v) is 9.69. The van der Waals surface area contributed by atoms with Gasteiger partial charge in [-0.2, -0.15) is 0 Å². The third kappa shape index (κ3) is 5.30. The van der Waals surface area contributed by atoms with Crippen molar-refractivity contribution in [2.24, 2.45) is 0 Å². The molecule has 1 fully saturated rings. The third-order valence-electron chi connectivity index (χ3n) is 4.68. The Kier molecular flexibility index (Phi) is 7.16. The Balaban J connectivity index is 2.13. The smallest absolute Gasteiger partial charge is 0.410 e. The van der Waals surface area contributed by atoms with E-state index in [2.05, 4.69) is 0 Å². The minimum Gasteiger partial charge on any atom is -0.493 e. The number of likely N-dealkylation sites (N-methyl/N-ethyl adjacent to an activating group) is 1. The Morgan fingerprint density at radius 1 is 1.18 bits per heavy atom. The quantitative estimate of drug-likeness (QED) is 0.742. The summed E-state index contributed by atoms with van der Waals surface area (Å²) in [7, 11) is 3.17. The Hall–Kier alpha value is -2.44. The van der Waals surface area contributed by atoms with E-state index in [1.807, 2.05) is 45.9 Å². The minimum absolute atomic E-state index is 0.0550. The first-order valence-electron chi connectivity index (χ1n) is 9.69. The van der Waals surface area contributed by atoms with Gasteiger partial charge in [-0.25, -0.2) is 4.79 Å². The molecule has 7 heteroatoms. The highest BCUT2D eigenvalue weighted by molar-refractivity contribution is 5.86. The fraction of sp³-hybridized carbons (Fsp3) is 0.619. The summed E-state index contributed by atoms with van der Waals surface area (Å²) in [5, 5.41) is 0. The predicted molar refractivity (Wildman–Crippen MR) is 107 cm³/mol. The van der Waals surface area contributed by atoms with Gasteiger partial charge in [0.25, 0.3) is 0 Å². The zero-order chi connectivity index (χ0) is 20.9. The number of rotatable bonds is 6. The van der Waals surface area contributed by atoms with Gasteiger partial charge in [-0.05, 0) is 58.2 Å². The Labute approximate surface area is 167 Å². The van der Waals surface area contributed by atoms with E-state index in [9.17, 15) is 9.59 Å². The van der Waals surface area contributed by atoms with Crippen LogP contribution in [-0.2, 0) is 16.1 Å². The molecule has 1 aliphatic heterocycles. The summed E-state index contributed by atoms with van der Waals surface area (Å²) in [4.78, 5) is 29.0. The second kappa shape index (κ2) is 9.17. The standard InChI is InChI=1S/C21H32N2O5/c1-7-22(14-15-10-11-17(26-5)18(13-15)27-6)19(24)16-9-8-12-23(16)20(25)28-21(2,3)4/h10-11,13,16H,7-9,12,14H2,1-6H3/t16-/m0/s1. The third-order valence-corrected chi connectivity index (χ3v) is 4.68. The molecule has 0 aliphatic carbocycles. The van der Waals surface area contributed by atoms with Crippen LogP contribution in [-0.4, -0.2) is 60.8 Å². The zero-order valence-corrected chi connectivity index (χ0v) is 17.8. The number of carbonyl (C=O) groups is 2. The summed E-state index contributed by atoms with van der Waals surface area (Å²) in [5.74, 6) is 1.22. The van der Waals surface area contributed by atoms with Crippen LogP contribution in [0.15, 0.2) is 18.2 Å². The van der Waals surface area contributed by atoms with Crippen LogP contribution in [0.5, 0.6) is 11.5 Å². The molecule has 0 bridgehead atoms. The molecule has 0 N–H and O–H groups in total. The molecule has 1 aromatic carbocycles. The van der Waals surface area contributed by atoms with E-state index in [0.29, 0.717) is 37.6 Å². The number of likely N-dealkylation sites (tertiary alicyclic amines) is 1. The second-order valence-corrected chi connectivity index (χ2v) is 7.87. The van der Waals surface area contributed by atoms with Crippen molar-refractivity contribution in [1.29, 1.82) is 0 Å². The van der Waals surface area contributed by atoms with Gasteiger partial charge < -0.3 is 19.1 Å². The molecular weight excluding hydrogens is 360 g/mol. The molecule has 0 radical (unpaired) electrons. The van der Waals surface area contributed by atoms with E-state index in [1.54, 1.807) is 24.0 Å². The van der Waals surface area contributed by atoms with Gasteiger partial charge in [0.15, 0.2) is 11.5 Å². The molecule has 2 amide bonds. The Bertz CT molecular complexity index is 699. The molecule has 1 saturated heterocycles. The summed E-state index contributed by atoms with van der Waals surface area (Å²) in [6, 6.07) is 5.14. The maximum Gasteiger partial charge on any atom is 0.410 e. The van der Waals surface area contributed by atoms with Crippen LogP contribution in [0.3, 0.4) is 0 Å². The lowest BCUT2D eigenvalue weighted by Crippen LogP contribution is -2.48. The summed E-state index contributed by atoms with van der Waals surface area (Å²) in [5.41, 5.74) is 0.354. The van der Waals surface area contributed by atoms with Crippen LogP contribution in [0.2, 0.25) is 0 Å². The summed E-state index contributed by atoms with van der Waals surface area (Å²) >= 11 is 0. The first kappa shape index (κ1) is 21.9. The fourth-order valence-electron chi connectivity index (χ4n) is 3.32. The highest BCUT2D eigenvalue weighted by Crippen LogP contribution is 2.29. The molecule has 28 heavy (non-hydrogen) atoms. The van der Waals surface area contributed by atoms with Crippen LogP contribution < -0.4 is 9.47 Å². The van der Waals surface area contributed by atoms with Gasteiger partial charge in [-0.1, -0.05) is 6.07 Å². The molecule has 0 aromatic heterocycles. The van der Waals surface area contributed by atoms with Crippen molar-refractivity contribution in [2.75, 3.05) is 27.3 Å². The van der Waals surface area contributed by atoms with Crippen molar-refractivity contribution in [2.45, 2.75) is 58.7 Å². The lowest BCUT2D eigenvalue weighted by Gasteiger charge is -2.31. The SMILES string of the molecule is CCN(Cc1ccc(OC)c(OC)c1)C(=O)[C@@H]1CCCN1C(=O)OC(C)(C)C. The average molecular weight is 392 g/mol. The number of methoxy groups -OCH3 is 2. The lowest BCUT2D eigenvalue weighted by atomic mass is 10.1. The van der Waals surface area contributed by atoms with Crippen molar-refractivity contribution in [3.63, 3.8) is 0 Å². The number of nitrogens with zero attached hydrogens (tertiary/aromatic N) is 2. The first-order chi connectivity index (χ1) is 13.2. The molecule has 0 unspecified atom stereocenters. The van der Waals surface area contributed by atoms with Crippen molar-refractivity contribution in [3.05, 3.63) is 23.8 Å². The fourth-order valence-corrected chi connectivity index (χ4v) is 3.32. The van der Waals surface area contributed by atoms with Crippen molar-refractivity contribution >= 4 is 12.0 Å². The lowest BCUT2D eigenvalue weighted by molar-refractivity contribution is -0.136. The number of carbonyl (C=O) groups excluding carboxylic acids is 2. The van der Waals surface area contributed by atoms with Crippen LogP contribution in [0.25, 0.3) is 0 Å². The zero-order valence-electron chi connectivity index (χ0n) is 17.8. The largest absolute Gasteiger partial charge is 0.493 e. The summed E-state index contributed by atoms with van der Waals surface area (Å²) in [6.07, 6.45) is 1.02. The van der Waals surface area contributed by atoms with Crippen LogP contribution in [0.4, 0.5) is 4.79 Å². The van der Waals surface area contributed by atoms with Crippen molar-refractivity contribution in [1.82, 2.24) is 9.80 Å². The topological polar surface area (TPSA) is 68.3 Å². The maximum absolute atomic E-state index is 13.2. The highest BCUT2D eigenvalue weighted by Gasteiger charge is 2.38. The second-order valence-electron chi connectivity index (χ2n) is 7.87. The van der Waals surface area contributed by atoms with E-state index in [1.165, 1.54) is 0 Å². The molecule has 7 nitrogen and oxygen atoms in total. The van der Waals surface area contributed by atoms with E-state index in [4.69, 9.17) is 14.2 Å². The molecule has 1 aliphatic rings. The van der Waals surface area contributed by atoms with E-state index >= 15 is 0 Å². The Morgan fingerprint density at radius 2 is 1.86 bits per heavy atom. The molecule has 156 valence electrons. The molecule has 2 rings (SSSR count). The van der Waals surface area contributed by atoms with Crippen molar-refractivity contribution in [3.8, 4) is 11.5 Å². The Morgan fingerprint density at radius 3 is 2.43 bits per heavy atom. The van der Waals surface area contributed by atoms with Crippen molar-refractivity contribution < 1.29 is 23.8 Å². The number of ether oxygens (including phenoxy) is 3. The predicted octanol–water partition coefficient (Wildman–Crippen LogP) is 3.45. The van der Waals surface area contributed by atoms with Gasteiger partial charge >= 0.3 is 6.09 Å². The normalized spacial score (nSPS) is 16.6. The molecule has 1 atom stereocenters. The molecule has 1 aromatic rings. The van der Waals surface area contributed by atoms with E-state index < -0.39 is 17.7 Å². The number of hydrogen-bond acceptors (Lipinski definition) is 5. The van der Waals surface area contributed by atoms with Crippen LogP contribution in [0, 0.1) is 0 Å². The average Bonchev–Trinajstić information content (AvgIpc) is 3.14. The van der Waals surface area contributed by atoms with Gasteiger partial charge in [-0.15, -0.1) is 0 Å². The molecule has 0 saturated carbocycles. The molecule has 1 heterocycles. The number of amides is 2. The summed E-state index contributed by atoms with van der Waals surface area (Å²) in [6.45, 7) is 8.94. The van der Waals surface area contributed by atoms with Crippen LogP contribution >= 0.6 is 0 Å². The monoisotopic (exact) mass is 392 g/mol. The number of hydrogen-bond donors (Lipinski definition) is 0. The minimum atomic E-state index is -0.586. The van der Waals surface area contributed by atoms with Crippen LogP contribution in [0.1, 0.15) is 46.1 Å². The molecular formula is C21H32N2O5. The van der Waals surface area contributed by atoms with Gasteiger partial charge in [-0.3, -0.25) is 9.69 Å².